The average molecular weight is 261 g/mol. The normalized spacial score (nSPS) is 12.2. The van der Waals surface area contributed by atoms with Crippen LogP contribution in [0, 0.1) is 0 Å². The highest BCUT2D eigenvalue weighted by Crippen LogP contribution is 2.25. The van der Waals surface area contributed by atoms with Gasteiger partial charge in [-0.15, -0.1) is 0 Å². The minimum atomic E-state index is -0.160. The van der Waals surface area contributed by atoms with E-state index in [1.807, 2.05) is 6.92 Å². The molecule has 0 radical (unpaired) electrons. The highest BCUT2D eigenvalue weighted by atomic mass is 35.5. The van der Waals surface area contributed by atoms with Crippen molar-refractivity contribution >= 4 is 29.1 Å². The van der Waals surface area contributed by atoms with Crippen LogP contribution in [0.5, 0.6) is 0 Å². The van der Waals surface area contributed by atoms with Gasteiger partial charge in [-0.1, -0.05) is 23.2 Å². The van der Waals surface area contributed by atoms with Gasteiger partial charge in [0, 0.05) is 10.0 Å². The van der Waals surface area contributed by atoms with Crippen molar-refractivity contribution in [2.24, 2.45) is 0 Å². The number of hydrogen-bond acceptors (Lipinski definition) is 2. The minimum Gasteiger partial charge on any atom is -0.348 e. The van der Waals surface area contributed by atoms with Gasteiger partial charge in [0.2, 0.25) is 5.91 Å². The van der Waals surface area contributed by atoms with E-state index in [1.54, 1.807) is 25.2 Å². The number of likely N-dealkylation sites (N-methyl/N-ethyl adjacent to an activating group) is 1. The van der Waals surface area contributed by atoms with Gasteiger partial charge < -0.3 is 10.6 Å². The van der Waals surface area contributed by atoms with E-state index in [-0.39, 0.29) is 18.5 Å². The Labute approximate surface area is 105 Å². The van der Waals surface area contributed by atoms with Gasteiger partial charge in [-0.25, -0.2) is 0 Å². The van der Waals surface area contributed by atoms with Crippen LogP contribution in [-0.2, 0) is 4.79 Å². The van der Waals surface area contributed by atoms with E-state index in [0.29, 0.717) is 10.0 Å². The van der Waals surface area contributed by atoms with Gasteiger partial charge in [-0.05, 0) is 37.7 Å². The summed E-state index contributed by atoms with van der Waals surface area (Å²) in [6, 6.07) is 5.04. The van der Waals surface area contributed by atoms with Crippen LogP contribution in [-0.4, -0.2) is 19.5 Å². The Morgan fingerprint density at radius 3 is 2.75 bits per heavy atom. The molecule has 0 fully saturated rings. The van der Waals surface area contributed by atoms with Crippen molar-refractivity contribution in [2.45, 2.75) is 13.0 Å². The maximum absolute atomic E-state index is 11.4. The molecule has 0 spiro atoms. The largest absolute Gasteiger partial charge is 0.348 e. The number of amides is 1. The fraction of sp³-hybridized carbons (Fsp3) is 0.364. The Hall–Kier alpha value is -0.770. The third kappa shape index (κ3) is 3.67. The first kappa shape index (κ1) is 13.3. The molecular formula is C11H14Cl2N2O. The molecule has 0 aliphatic rings. The summed E-state index contributed by atoms with van der Waals surface area (Å²) < 4.78 is 0. The summed E-state index contributed by atoms with van der Waals surface area (Å²) in [6.45, 7) is 2.15. The summed E-state index contributed by atoms with van der Waals surface area (Å²) in [7, 11) is 1.72. The third-order valence-electron chi connectivity index (χ3n) is 2.14. The smallest absolute Gasteiger partial charge is 0.234 e. The van der Waals surface area contributed by atoms with Crippen LogP contribution in [0.2, 0.25) is 10.0 Å². The molecule has 0 aliphatic heterocycles. The van der Waals surface area contributed by atoms with E-state index in [1.165, 1.54) is 0 Å². The molecule has 2 N–H and O–H groups in total. The lowest BCUT2D eigenvalue weighted by Crippen LogP contribution is -2.34. The number of carbonyl (C=O) groups is 1. The van der Waals surface area contributed by atoms with E-state index in [9.17, 15) is 4.79 Å². The summed E-state index contributed by atoms with van der Waals surface area (Å²) >= 11 is 11.9. The lowest BCUT2D eigenvalue weighted by Gasteiger charge is -2.15. The number of halogens is 2. The molecule has 1 amide bonds. The van der Waals surface area contributed by atoms with Crippen LogP contribution in [0.15, 0.2) is 18.2 Å². The molecule has 1 aromatic carbocycles. The summed E-state index contributed by atoms with van der Waals surface area (Å²) in [5.74, 6) is -0.0777. The molecule has 0 aromatic heterocycles. The van der Waals surface area contributed by atoms with E-state index < -0.39 is 0 Å². The second-order valence-corrected chi connectivity index (χ2v) is 4.33. The molecule has 0 heterocycles. The fourth-order valence-electron chi connectivity index (χ4n) is 1.38. The molecule has 5 heteroatoms. The van der Waals surface area contributed by atoms with Gasteiger partial charge in [0.15, 0.2) is 0 Å². The van der Waals surface area contributed by atoms with Gasteiger partial charge in [0.05, 0.1) is 12.6 Å². The van der Waals surface area contributed by atoms with Crippen molar-refractivity contribution in [3.05, 3.63) is 33.8 Å². The number of rotatable bonds is 4. The highest BCUT2D eigenvalue weighted by Gasteiger charge is 2.12. The zero-order valence-corrected chi connectivity index (χ0v) is 10.7. The average Bonchev–Trinajstić information content (AvgIpc) is 2.21. The van der Waals surface area contributed by atoms with E-state index >= 15 is 0 Å². The van der Waals surface area contributed by atoms with Crippen LogP contribution in [0.25, 0.3) is 0 Å². The van der Waals surface area contributed by atoms with Crippen molar-refractivity contribution in [3.8, 4) is 0 Å². The zero-order chi connectivity index (χ0) is 12.1. The number of hydrogen-bond donors (Lipinski definition) is 2. The summed E-state index contributed by atoms with van der Waals surface area (Å²) in [6.07, 6.45) is 0. The monoisotopic (exact) mass is 260 g/mol. The van der Waals surface area contributed by atoms with Gasteiger partial charge in [-0.2, -0.15) is 0 Å². The van der Waals surface area contributed by atoms with Crippen LogP contribution < -0.4 is 10.6 Å². The second kappa shape index (κ2) is 6.09. The SMILES string of the molecule is CNCC(=O)NC(C)c1cc(Cl)ccc1Cl. The van der Waals surface area contributed by atoms with Crippen LogP contribution in [0.4, 0.5) is 0 Å². The standard InChI is InChI=1S/C11H14Cl2N2O/c1-7(15-11(16)6-14-2)9-5-8(12)3-4-10(9)13/h3-5,7,14H,6H2,1-2H3,(H,15,16). The summed E-state index contributed by atoms with van der Waals surface area (Å²) in [5, 5.41) is 6.80. The number of carbonyl (C=O) groups excluding carboxylic acids is 1. The molecule has 3 nitrogen and oxygen atoms in total. The topological polar surface area (TPSA) is 41.1 Å². The maximum Gasteiger partial charge on any atom is 0.234 e. The van der Waals surface area contributed by atoms with Gasteiger partial charge in [0.1, 0.15) is 0 Å². The predicted molar refractivity (Wildman–Crippen MR) is 66.9 cm³/mol. The van der Waals surface area contributed by atoms with Crippen LogP contribution in [0.1, 0.15) is 18.5 Å². The van der Waals surface area contributed by atoms with Crippen molar-refractivity contribution in [2.75, 3.05) is 13.6 Å². The molecule has 1 rings (SSSR count). The zero-order valence-electron chi connectivity index (χ0n) is 9.18. The first-order valence-corrected chi connectivity index (χ1v) is 5.69. The fourth-order valence-corrected chi connectivity index (χ4v) is 1.84. The molecule has 0 saturated heterocycles. The molecule has 1 unspecified atom stereocenters. The second-order valence-electron chi connectivity index (χ2n) is 3.49. The summed E-state index contributed by atoms with van der Waals surface area (Å²) in [5.41, 5.74) is 0.818. The molecular weight excluding hydrogens is 247 g/mol. The predicted octanol–water partition coefficient (Wildman–Crippen LogP) is 2.39. The molecule has 0 bridgehead atoms. The quantitative estimate of drug-likeness (QED) is 0.873. The van der Waals surface area contributed by atoms with Crippen molar-refractivity contribution in [1.29, 1.82) is 0 Å². The number of nitrogens with one attached hydrogen (secondary N) is 2. The first-order chi connectivity index (χ1) is 7.54. The van der Waals surface area contributed by atoms with E-state index in [0.717, 1.165) is 5.56 Å². The van der Waals surface area contributed by atoms with Crippen LogP contribution >= 0.6 is 23.2 Å². The summed E-state index contributed by atoms with van der Waals surface area (Å²) in [4.78, 5) is 11.4. The molecule has 1 atom stereocenters. The first-order valence-electron chi connectivity index (χ1n) is 4.93. The van der Waals surface area contributed by atoms with Crippen molar-refractivity contribution in [3.63, 3.8) is 0 Å². The maximum atomic E-state index is 11.4. The Morgan fingerprint density at radius 1 is 1.44 bits per heavy atom. The van der Waals surface area contributed by atoms with E-state index in [2.05, 4.69) is 10.6 Å². The molecule has 0 saturated carbocycles. The van der Waals surface area contributed by atoms with Gasteiger partial charge in [0.25, 0.3) is 0 Å². The van der Waals surface area contributed by atoms with Crippen molar-refractivity contribution < 1.29 is 4.79 Å². The number of benzene rings is 1. The van der Waals surface area contributed by atoms with E-state index in [4.69, 9.17) is 23.2 Å². The highest BCUT2D eigenvalue weighted by molar-refractivity contribution is 6.33. The third-order valence-corrected chi connectivity index (χ3v) is 2.72. The Kier molecular flexibility index (Phi) is 5.06. The molecule has 1 aromatic rings. The minimum absolute atomic E-state index is 0.0777. The Balaban J connectivity index is 2.76. The molecule has 88 valence electrons. The van der Waals surface area contributed by atoms with Gasteiger partial charge >= 0.3 is 0 Å². The lowest BCUT2D eigenvalue weighted by atomic mass is 10.1. The lowest BCUT2D eigenvalue weighted by molar-refractivity contribution is -0.120. The molecule has 16 heavy (non-hydrogen) atoms. The van der Waals surface area contributed by atoms with Crippen LogP contribution in [0.3, 0.4) is 0 Å². The molecule has 0 aliphatic carbocycles. The van der Waals surface area contributed by atoms with Crippen molar-refractivity contribution in [1.82, 2.24) is 10.6 Å². The van der Waals surface area contributed by atoms with Gasteiger partial charge in [-0.3, -0.25) is 4.79 Å². The Morgan fingerprint density at radius 2 is 2.12 bits per heavy atom. The Bertz CT molecular complexity index is 382.